The highest BCUT2D eigenvalue weighted by Gasteiger charge is 2.23. The maximum atomic E-state index is 11.9. The standard InChI is InChI=1S/C13H19NO.C2H6/c1-10(2)13(15)14-8-7-11-5-3-4-6-12(11)9-14;1-2/h3,5,10H,4,6-9H2,1-2H3;1-2H3. The number of rotatable bonds is 1. The molecule has 1 amide bonds. The summed E-state index contributed by atoms with van der Waals surface area (Å²) in [5, 5.41) is 0. The van der Waals surface area contributed by atoms with Gasteiger partial charge in [0.25, 0.3) is 0 Å². The van der Waals surface area contributed by atoms with Crippen molar-refractivity contribution in [2.75, 3.05) is 13.1 Å². The lowest BCUT2D eigenvalue weighted by molar-refractivity contribution is -0.134. The fourth-order valence-corrected chi connectivity index (χ4v) is 2.32. The molecule has 1 aliphatic carbocycles. The van der Waals surface area contributed by atoms with Crippen molar-refractivity contribution in [1.82, 2.24) is 4.90 Å². The van der Waals surface area contributed by atoms with Crippen molar-refractivity contribution < 1.29 is 4.79 Å². The summed E-state index contributed by atoms with van der Waals surface area (Å²) in [4.78, 5) is 13.9. The van der Waals surface area contributed by atoms with E-state index in [1.807, 2.05) is 32.6 Å². The van der Waals surface area contributed by atoms with Crippen molar-refractivity contribution in [2.45, 2.75) is 47.0 Å². The van der Waals surface area contributed by atoms with E-state index in [2.05, 4.69) is 12.2 Å². The van der Waals surface area contributed by atoms with Gasteiger partial charge in [-0.1, -0.05) is 39.8 Å². The van der Waals surface area contributed by atoms with Crippen LogP contribution >= 0.6 is 0 Å². The van der Waals surface area contributed by atoms with Crippen molar-refractivity contribution in [3.8, 4) is 0 Å². The molecule has 0 radical (unpaired) electrons. The molecule has 2 heteroatoms. The Morgan fingerprint density at radius 1 is 1.29 bits per heavy atom. The second-order valence-corrected chi connectivity index (χ2v) is 4.73. The van der Waals surface area contributed by atoms with Crippen LogP contribution in [0, 0.1) is 5.92 Å². The van der Waals surface area contributed by atoms with Gasteiger partial charge in [0.15, 0.2) is 0 Å². The number of carbonyl (C=O) groups excluding carboxylic acids is 1. The molecule has 17 heavy (non-hydrogen) atoms. The van der Waals surface area contributed by atoms with Crippen molar-refractivity contribution in [3.63, 3.8) is 0 Å². The molecule has 2 nitrogen and oxygen atoms in total. The molecule has 2 rings (SSSR count). The molecule has 0 aromatic carbocycles. The first-order valence-electron chi connectivity index (χ1n) is 6.84. The Bertz CT molecular complexity index is 326. The average molecular weight is 235 g/mol. The molecule has 96 valence electrons. The molecule has 0 aromatic rings. The Labute approximate surface area is 105 Å². The normalized spacial score (nSPS) is 18.8. The molecule has 0 saturated heterocycles. The Hall–Kier alpha value is -1.05. The van der Waals surface area contributed by atoms with Crippen molar-refractivity contribution >= 4 is 5.91 Å². The zero-order chi connectivity index (χ0) is 12.8. The molecule has 0 N–H and O–H groups in total. The van der Waals surface area contributed by atoms with E-state index >= 15 is 0 Å². The third kappa shape index (κ3) is 3.45. The molecule has 2 aliphatic rings. The van der Waals surface area contributed by atoms with Gasteiger partial charge in [0, 0.05) is 19.0 Å². The number of carbonyl (C=O) groups is 1. The van der Waals surface area contributed by atoms with Crippen LogP contribution in [0.1, 0.15) is 47.0 Å². The molecule has 1 heterocycles. The van der Waals surface area contributed by atoms with Crippen LogP contribution in [0.4, 0.5) is 0 Å². The van der Waals surface area contributed by atoms with Gasteiger partial charge in [0.2, 0.25) is 5.91 Å². The fraction of sp³-hybridized carbons (Fsp3) is 0.667. The number of hydrogen-bond acceptors (Lipinski definition) is 1. The Morgan fingerprint density at radius 2 is 2.00 bits per heavy atom. The van der Waals surface area contributed by atoms with E-state index in [4.69, 9.17) is 0 Å². The summed E-state index contributed by atoms with van der Waals surface area (Å²) < 4.78 is 0. The molecule has 0 aromatic heterocycles. The Kier molecular flexibility index (Phi) is 5.46. The maximum Gasteiger partial charge on any atom is 0.225 e. The van der Waals surface area contributed by atoms with Crippen LogP contribution in [-0.2, 0) is 4.79 Å². The third-order valence-electron chi connectivity index (χ3n) is 3.22. The van der Waals surface area contributed by atoms with Gasteiger partial charge in [-0.25, -0.2) is 0 Å². The van der Waals surface area contributed by atoms with Crippen LogP contribution in [-0.4, -0.2) is 23.9 Å². The van der Waals surface area contributed by atoms with Crippen LogP contribution in [0.2, 0.25) is 0 Å². The van der Waals surface area contributed by atoms with Crippen LogP contribution in [0.5, 0.6) is 0 Å². The highest BCUT2D eigenvalue weighted by Crippen LogP contribution is 2.27. The molecule has 0 bridgehead atoms. The van der Waals surface area contributed by atoms with Gasteiger partial charge in [0.1, 0.15) is 0 Å². The molecule has 0 atom stereocenters. The maximum absolute atomic E-state index is 11.9. The number of hydrogen-bond donors (Lipinski definition) is 0. The van der Waals surface area contributed by atoms with Crippen LogP contribution in [0.3, 0.4) is 0 Å². The van der Waals surface area contributed by atoms with Gasteiger partial charge in [-0.05, 0) is 30.4 Å². The SMILES string of the molecule is CC.CC(C)C(=O)N1CCC2=C(CCC=C2)C1. The van der Waals surface area contributed by atoms with E-state index in [1.165, 1.54) is 11.1 Å². The van der Waals surface area contributed by atoms with Crippen molar-refractivity contribution in [1.29, 1.82) is 0 Å². The molecule has 0 unspecified atom stereocenters. The number of allylic oxidation sites excluding steroid dienone is 2. The summed E-state index contributed by atoms with van der Waals surface area (Å²) in [7, 11) is 0. The molecular weight excluding hydrogens is 210 g/mol. The first-order valence-corrected chi connectivity index (χ1v) is 6.84. The van der Waals surface area contributed by atoms with E-state index < -0.39 is 0 Å². The minimum atomic E-state index is 0.131. The molecule has 1 aliphatic heterocycles. The predicted octanol–water partition coefficient (Wildman–Crippen LogP) is 3.55. The first-order chi connectivity index (χ1) is 8.18. The lowest BCUT2D eigenvalue weighted by Crippen LogP contribution is -2.39. The summed E-state index contributed by atoms with van der Waals surface area (Å²) in [6.07, 6.45) is 7.83. The topological polar surface area (TPSA) is 20.3 Å². The highest BCUT2D eigenvalue weighted by molar-refractivity contribution is 5.78. The van der Waals surface area contributed by atoms with Gasteiger partial charge in [-0.2, -0.15) is 0 Å². The second-order valence-electron chi connectivity index (χ2n) is 4.73. The summed E-state index contributed by atoms with van der Waals surface area (Å²) in [5.74, 6) is 0.433. The molecule has 0 spiro atoms. The van der Waals surface area contributed by atoms with Gasteiger partial charge >= 0.3 is 0 Å². The lowest BCUT2D eigenvalue weighted by atomic mass is 9.91. The second kappa shape index (κ2) is 6.63. The van der Waals surface area contributed by atoms with Gasteiger partial charge < -0.3 is 4.90 Å². The summed E-state index contributed by atoms with van der Waals surface area (Å²) in [5.41, 5.74) is 2.96. The number of nitrogens with zero attached hydrogens (tertiary/aromatic N) is 1. The smallest absolute Gasteiger partial charge is 0.225 e. The number of amides is 1. The third-order valence-corrected chi connectivity index (χ3v) is 3.22. The Balaban J connectivity index is 0.000000686. The first kappa shape index (κ1) is 14.0. The van der Waals surface area contributed by atoms with Gasteiger partial charge in [-0.3, -0.25) is 4.79 Å². The summed E-state index contributed by atoms with van der Waals surface area (Å²) in [6, 6.07) is 0. The van der Waals surface area contributed by atoms with E-state index in [0.29, 0.717) is 5.91 Å². The van der Waals surface area contributed by atoms with E-state index in [1.54, 1.807) is 0 Å². The van der Waals surface area contributed by atoms with E-state index in [-0.39, 0.29) is 5.92 Å². The van der Waals surface area contributed by atoms with Crippen LogP contribution < -0.4 is 0 Å². The van der Waals surface area contributed by atoms with Crippen molar-refractivity contribution in [2.24, 2.45) is 5.92 Å². The Morgan fingerprint density at radius 3 is 2.65 bits per heavy atom. The lowest BCUT2D eigenvalue weighted by Gasteiger charge is -2.32. The summed E-state index contributed by atoms with van der Waals surface area (Å²) in [6.45, 7) is 9.73. The fourth-order valence-electron chi connectivity index (χ4n) is 2.32. The monoisotopic (exact) mass is 235 g/mol. The minimum absolute atomic E-state index is 0.131. The molecule has 0 fully saturated rings. The van der Waals surface area contributed by atoms with Crippen LogP contribution in [0.25, 0.3) is 0 Å². The van der Waals surface area contributed by atoms with Gasteiger partial charge in [-0.15, -0.1) is 0 Å². The summed E-state index contributed by atoms with van der Waals surface area (Å²) >= 11 is 0. The van der Waals surface area contributed by atoms with E-state index in [9.17, 15) is 4.79 Å². The highest BCUT2D eigenvalue weighted by atomic mass is 16.2. The molecular formula is C15H25NO. The zero-order valence-corrected chi connectivity index (χ0v) is 11.6. The van der Waals surface area contributed by atoms with Crippen LogP contribution in [0.15, 0.2) is 23.3 Å². The predicted molar refractivity (Wildman–Crippen MR) is 72.8 cm³/mol. The average Bonchev–Trinajstić information content (AvgIpc) is 2.39. The van der Waals surface area contributed by atoms with Gasteiger partial charge in [0.05, 0.1) is 0 Å². The van der Waals surface area contributed by atoms with Crippen molar-refractivity contribution in [3.05, 3.63) is 23.3 Å². The quantitative estimate of drug-likeness (QED) is 0.680. The zero-order valence-electron chi connectivity index (χ0n) is 11.6. The van der Waals surface area contributed by atoms with E-state index in [0.717, 1.165) is 32.4 Å². The minimum Gasteiger partial charge on any atom is -0.338 e. The molecule has 0 saturated carbocycles. The largest absolute Gasteiger partial charge is 0.338 e.